The SMILES string of the molecule is CC(C)n1[nH]c(=O)cc1C1CCCCO1. The van der Waals surface area contributed by atoms with E-state index in [9.17, 15) is 4.79 Å². The van der Waals surface area contributed by atoms with Gasteiger partial charge in [0.05, 0.1) is 11.8 Å². The fraction of sp³-hybridized carbons (Fsp3) is 0.727. The van der Waals surface area contributed by atoms with Crippen molar-refractivity contribution in [2.24, 2.45) is 0 Å². The molecule has 1 atom stereocenters. The molecule has 1 aliphatic heterocycles. The summed E-state index contributed by atoms with van der Waals surface area (Å²) in [5.74, 6) is 0. The first-order valence-electron chi connectivity index (χ1n) is 5.61. The molecule has 1 aliphatic rings. The molecule has 84 valence electrons. The average Bonchev–Trinajstić information content (AvgIpc) is 2.62. The van der Waals surface area contributed by atoms with Gasteiger partial charge in [-0.1, -0.05) is 0 Å². The van der Waals surface area contributed by atoms with E-state index in [4.69, 9.17) is 4.74 Å². The summed E-state index contributed by atoms with van der Waals surface area (Å²) in [7, 11) is 0. The van der Waals surface area contributed by atoms with Gasteiger partial charge < -0.3 is 4.74 Å². The van der Waals surface area contributed by atoms with Crippen LogP contribution in [0.15, 0.2) is 10.9 Å². The summed E-state index contributed by atoms with van der Waals surface area (Å²) in [6, 6.07) is 1.93. The highest BCUT2D eigenvalue weighted by molar-refractivity contribution is 5.06. The molecule has 15 heavy (non-hydrogen) atoms. The smallest absolute Gasteiger partial charge is 0.264 e. The second-order valence-corrected chi connectivity index (χ2v) is 4.36. The third kappa shape index (κ3) is 2.15. The number of nitrogens with one attached hydrogen (secondary N) is 1. The summed E-state index contributed by atoms with van der Waals surface area (Å²) in [5, 5.41) is 2.82. The van der Waals surface area contributed by atoms with Gasteiger partial charge in [0.2, 0.25) is 0 Å². The van der Waals surface area contributed by atoms with E-state index in [1.807, 2.05) is 4.68 Å². The maximum atomic E-state index is 11.3. The first-order valence-corrected chi connectivity index (χ1v) is 5.61. The quantitative estimate of drug-likeness (QED) is 0.811. The molecule has 2 rings (SSSR count). The van der Waals surface area contributed by atoms with Gasteiger partial charge in [-0.25, -0.2) is 0 Å². The molecule has 0 bridgehead atoms. The lowest BCUT2D eigenvalue weighted by Gasteiger charge is -2.24. The van der Waals surface area contributed by atoms with Gasteiger partial charge in [-0.05, 0) is 33.1 Å². The molecule has 0 saturated carbocycles. The second-order valence-electron chi connectivity index (χ2n) is 4.36. The molecule has 1 unspecified atom stereocenters. The molecule has 0 radical (unpaired) electrons. The Hall–Kier alpha value is -1.03. The van der Waals surface area contributed by atoms with Crippen molar-refractivity contribution in [3.05, 3.63) is 22.1 Å². The zero-order valence-corrected chi connectivity index (χ0v) is 9.32. The molecule has 1 aromatic rings. The normalized spacial score (nSPS) is 22.2. The Bertz CT molecular complexity index is 372. The Kier molecular flexibility index (Phi) is 2.95. The summed E-state index contributed by atoms with van der Waals surface area (Å²) in [4.78, 5) is 11.3. The van der Waals surface area contributed by atoms with E-state index < -0.39 is 0 Å². The highest BCUT2D eigenvalue weighted by Crippen LogP contribution is 2.27. The second kappa shape index (κ2) is 4.23. The summed E-state index contributed by atoms with van der Waals surface area (Å²) in [5.41, 5.74) is 0.961. The zero-order valence-electron chi connectivity index (χ0n) is 9.32. The zero-order chi connectivity index (χ0) is 10.8. The van der Waals surface area contributed by atoms with Gasteiger partial charge in [0.25, 0.3) is 5.56 Å². The molecule has 0 aliphatic carbocycles. The summed E-state index contributed by atoms with van der Waals surface area (Å²) in [6.07, 6.45) is 3.43. The van der Waals surface area contributed by atoms with E-state index in [2.05, 4.69) is 18.9 Å². The maximum absolute atomic E-state index is 11.3. The largest absolute Gasteiger partial charge is 0.372 e. The number of ether oxygens (including phenoxy) is 1. The van der Waals surface area contributed by atoms with Crippen LogP contribution in [0.4, 0.5) is 0 Å². The van der Waals surface area contributed by atoms with Crippen LogP contribution in [0, 0.1) is 0 Å². The molecular weight excluding hydrogens is 192 g/mol. The first kappa shape index (κ1) is 10.5. The molecule has 1 saturated heterocycles. The van der Waals surface area contributed by atoms with Crippen LogP contribution in [0.5, 0.6) is 0 Å². The van der Waals surface area contributed by atoms with Crippen LogP contribution in [0.1, 0.15) is 50.9 Å². The van der Waals surface area contributed by atoms with Gasteiger partial charge in [0, 0.05) is 18.7 Å². The van der Waals surface area contributed by atoms with E-state index in [1.165, 1.54) is 6.42 Å². The van der Waals surface area contributed by atoms with E-state index in [0.29, 0.717) is 0 Å². The van der Waals surface area contributed by atoms with Crippen LogP contribution in [0.3, 0.4) is 0 Å². The predicted octanol–water partition coefficient (Wildman–Crippen LogP) is 2.00. The van der Waals surface area contributed by atoms with Crippen molar-refractivity contribution in [1.29, 1.82) is 0 Å². The van der Waals surface area contributed by atoms with Crippen molar-refractivity contribution in [3.8, 4) is 0 Å². The van der Waals surface area contributed by atoms with Crippen LogP contribution >= 0.6 is 0 Å². The molecule has 4 heteroatoms. The highest BCUT2D eigenvalue weighted by Gasteiger charge is 2.21. The molecule has 0 spiro atoms. The van der Waals surface area contributed by atoms with Crippen molar-refractivity contribution in [2.75, 3.05) is 6.61 Å². The summed E-state index contributed by atoms with van der Waals surface area (Å²) < 4.78 is 7.60. The van der Waals surface area contributed by atoms with Crippen LogP contribution in [-0.2, 0) is 4.74 Å². The van der Waals surface area contributed by atoms with E-state index >= 15 is 0 Å². The highest BCUT2D eigenvalue weighted by atomic mass is 16.5. The Morgan fingerprint density at radius 2 is 2.33 bits per heavy atom. The number of H-pyrrole nitrogens is 1. The van der Waals surface area contributed by atoms with Gasteiger partial charge >= 0.3 is 0 Å². The molecule has 0 amide bonds. The lowest BCUT2D eigenvalue weighted by Crippen LogP contribution is -2.17. The third-order valence-corrected chi connectivity index (χ3v) is 2.81. The van der Waals surface area contributed by atoms with E-state index in [0.717, 1.165) is 25.1 Å². The molecular formula is C11H18N2O2. The van der Waals surface area contributed by atoms with Crippen LogP contribution in [0.2, 0.25) is 0 Å². The Morgan fingerprint density at radius 3 is 2.93 bits per heavy atom. The number of hydrogen-bond acceptors (Lipinski definition) is 2. The molecule has 1 aromatic heterocycles. The fourth-order valence-electron chi connectivity index (χ4n) is 2.07. The predicted molar refractivity (Wildman–Crippen MR) is 58.0 cm³/mol. The van der Waals surface area contributed by atoms with E-state index in [1.54, 1.807) is 6.07 Å². The Balaban J connectivity index is 2.29. The standard InChI is InChI=1S/C11H18N2O2/c1-8(2)13-9(7-11(14)12-13)10-5-3-4-6-15-10/h7-8,10H,3-6H2,1-2H3,(H,12,14). The summed E-state index contributed by atoms with van der Waals surface area (Å²) >= 11 is 0. The fourth-order valence-corrected chi connectivity index (χ4v) is 2.07. The molecule has 4 nitrogen and oxygen atoms in total. The first-order chi connectivity index (χ1) is 7.18. The van der Waals surface area contributed by atoms with Crippen molar-refractivity contribution < 1.29 is 4.74 Å². The maximum Gasteiger partial charge on any atom is 0.264 e. The van der Waals surface area contributed by atoms with Gasteiger partial charge in [0.15, 0.2) is 0 Å². The Labute approximate surface area is 89.2 Å². The number of nitrogens with zero attached hydrogens (tertiary/aromatic N) is 1. The monoisotopic (exact) mass is 210 g/mol. The molecule has 2 heterocycles. The lowest BCUT2D eigenvalue weighted by molar-refractivity contribution is 0.00885. The lowest BCUT2D eigenvalue weighted by atomic mass is 10.1. The number of aromatic nitrogens is 2. The average molecular weight is 210 g/mol. The minimum Gasteiger partial charge on any atom is -0.372 e. The number of rotatable bonds is 2. The minimum atomic E-state index is -0.0344. The molecule has 1 N–H and O–H groups in total. The summed E-state index contributed by atoms with van der Waals surface area (Å²) in [6.45, 7) is 4.92. The van der Waals surface area contributed by atoms with Crippen LogP contribution in [-0.4, -0.2) is 16.4 Å². The third-order valence-electron chi connectivity index (χ3n) is 2.81. The number of hydrogen-bond donors (Lipinski definition) is 1. The minimum absolute atomic E-state index is 0.0344. The van der Waals surface area contributed by atoms with Crippen LogP contribution < -0.4 is 5.56 Å². The van der Waals surface area contributed by atoms with Gasteiger partial charge in [-0.2, -0.15) is 0 Å². The van der Waals surface area contributed by atoms with Gasteiger partial charge in [0.1, 0.15) is 0 Å². The van der Waals surface area contributed by atoms with Crippen LogP contribution in [0.25, 0.3) is 0 Å². The van der Waals surface area contributed by atoms with Crippen molar-refractivity contribution >= 4 is 0 Å². The number of aromatic amines is 1. The Morgan fingerprint density at radius 1 is 1.53 bits per heavy atom. The van der Waals surface area contributed by atoms with E-state index in [-0.39, 0.29) is 17.7 Å². The van der Waals surface area contributed by atoms with Crippen molar-refractivity contribution in [1.82, 2.24) is 9.78 Å². The van der Waals surface area contributed by atoms with Gasteiger partial charge in [-0.15, -0.1) is 0 Å². The molecule has 0 aromatic carbocycles. The molecule has 1 fully saturated rings. The van der Waals surface area contributed by atoms with Crippen molar-refractivity contribution in [3.63, 3.8) is 0 Å². The van der Waals surface area contributed by atoms with Gasteiger partial charge in [-0.3, -0.25) is 14.6 Å². The topological polar surface area (TPSA) is 47.0 Å². The van der Waals surface area contributed by atoms with Crippen molar-refractivity contribution in [2.45, 2.75) is 45.3 Å².